The fraction of sp³-hybridized carbons (Fsp3) is 0.867. The highest BCUT2D eigenvalue weighted by Crippen LogP contribution is 2.09. The molecule has 0 aromatic rings. The summed E-state index contributed by atoms with van der Waals surface area (Å²) in [7, 11) is 0. The minimum absolute atomic E-state index is 0.273. The lowest BCUT2D eigenvalue weighted by molar-refractivity contribution is -0.260. The second-order valence-electron chi connectivity index (χ2n) is 5.98. The van der Waals surface area contributed by atoms with Gasteiger partial charge in [0.1, 0.15) is 6.08 Å². The van der Waals surface area contributed by atoms with E-state index in [1.54, 1.807) is 0 Å². The number of rotatable bonds is 10. The van der Waals surface area contributed by atoms with Crippen molar-refractivity contribution < 1.29 is 19.7 Å². The monoisotopic (exact) mass is 286 g/mol. The minimum Gasteiger partial charge on any atom is -0.595 e. The maximum absolute atomic E-state index is 11.3. The summed E-state index contributed by atoms with van der Waals surface area (Å²) in [6.45, 7) is 5.99. The van der Waals surface area contributed by atoms with Crippen LogP contribution >= 0.6 is 0 Å². The Labute approximate surface area is 122 Å². The van der Waals surface area contributed by atoms with Crippen LogP contribution in [0.15, 0.2) is 4.99 Å². The zero-order valence-electron chi connectivity index (χ0n) is 13.0. The fourth-order valence-electron chi connectivity index (χ4n) is 1.74. The van der Waals surface area contributed by atoms with Gasteiger partial charge in [-0.25, -0.2) is 0 Å². The van der Waals surface area contributed by atoms with Crippen molar-refractivity contribution in [2.24, 2.45) is 4.99 Å². The number of carboxylic acid groups (broad SMARTS) is 1. The molecule has 118 valence electrons. The summed E-state index contributed by atoms with van der Waals surface area (Å²) in [6.07, 6.45) is 6.79. The topological polar surface area (TPSA) is 82.0 Å². The van der Waals surface area contributed by atoms with E-state index in [1.165, 1.54) is 0 Å². The molecule has 0 unspecified atom stereocenters. The highest BCUT2D eigenvalue weighted by molar-refractivity contribution is 5.66. The average Bonchev–Trinajstić information content (AvgIpc) is 2.28. The lowest BCUT2D eigenvalue weighted by Crippen LogP contribution is -2.32. The van der Waals surface area contributed by atoms with E-state index in [9.17, 15) is 9.90 Å². The van der Waals surface area contributed by atoms with Crippen molar-refractivity contribution in [2.45, 2.75) is 77.7 Å². The van der Waals surface area contributed by atoms with Gasteiger partial charge in [-0.1, -0.05) is 52.9 Å². The molecule has 0 fully saturated rings. The van der Waals surface area contributed by atoms with Crippen LogP contribution < -0.4 is 5.11 Å². The van der Waals surface area contributed by atoms with E-state index in [0.717, 1.165) is 44.9 Å². The first-order valence-corrected chi connectivity index (χ1v) is 7.43. The normalized spacial score (nSPS) is 12.4. The van der Waals surface area contributed by atoms with E-state index < -0.39 is 17.7 Å². The third kappa shape index (κ3) is 14.8. The number of hydrogen-bond acceptors (Lipinski definition) is 4. The van der Waals surface area contributed by atoms with Gasteiger partial charge in [-0.05, 0) is 12.8 Å². The van der Waals surface area contributed by atoms with Crippen molar-refractivity contribution in [1.82, 2.24) is 0 Å². The van der Waals surface area contributed by atoms with E-state index in [1.807, 2.05) is 20.8 Å². The molecule has 0 amide bonds. The first kappa shape index (κ1) is 18.7. The number of ether oxygens (including phenoxy) is 1. The molecule has 0 bridgehead atoms. The number of nitrogens with zero attached hydrogens (tertiary/aromatic N) is 1. The molecule has 1 N–H and O–H groups in total. The maximum Gasteiger partial charge on any atom is 0.303 e. The Morgan fingerprint density at radius 1 is 1.05 bits per heavy atom. The number of aliphatic carboxylic acids is 1. The van der Waals surface area contributed by atoms with Crippen molar-refractivity contribution in [3.8, 4) is 0 Å². The lowest BCUT2D eigenvalue weighted by atomic mass is 10.1. The summed E-state index contributed by atoms with van der Waals surface area (Å²) in [5.41, 5.74) is -0.476. The van der Waals surface area contributed by atoms with Crippen molar-refractivity contribution in [3.05, 3.63) is 0 Å². The molecule has 0 atom stereocenters. The number of hydrogen-bond donors (Lipinski definition) is 1. The molecule has 0 saturated carbocycles. The summed E-state index contributed by atoms with van der Waals surface area (Å²) in [5, 5.41) is 19.8. The second-order valence-corrected chi connectivity index (χ2v) is 5.98. The van der Waals surface area contributed by atoms with Gasteiger partial charge in [0.15, 0.2) is 0 Å². The predicted octanol–water partition coefficient (Wildman–Crippen LogP) is 2.72. The van der Waals surface area contributed by atoms with Crippen LogP contribution in [0.1, 0.15) is 72.1 Å². The third-order valence-corrected chi connectivity index (χ3v) is 2.68. The van der Waals surface area contributed by atoms with Gasteiger partial charge >= 0.3 is 5.97 Å². The van der Waals surface area contributed by atoms with E-state index in [2.05, 4.69) is 4.99 Å². The van der Waals surface area contributed by atoms with Crippen molar-refractivity contribution in [3.63, 3.8) is 0 Å². The third-order valence-electron chi connectivity index (χ3n) is 2.68. The fourth-order valence-corrected chi connectivity index (χ4v) is 1.74. The molecule has 0 aliphatic rings. The summed E-state index contributed by atoms with van der Waals surface area (Å²) >= 11 is 0. The van der Waals surface area contributed by atoms with Crippen molar-refractivity contribution in [2.75, 3.05) is 6.54 Å². The van der Waals surface area contributed by atoms with Crippen LogP contribution in [0.3, 0.4) is 0 Å². The minimum atomic E-state index is -0.714. The summed E-state index contributed by atoms with van der Waals surface area (Å²) in [6, 6.07) is 0. The molecule has 0 saturated heterocycles. The largest absolute Gasteiger partial charge is 0.595 e. The smallest absolute Gasteiger partial charge is 0.303 e. The van der Waals surface area contributed by atoms with Gasteiger partial charge in [-0.15, -0.1) is 0 Å². The molecule has 0 rings (SSSR count). The van der Waals surface area contributed by atoms with Crippen LogP contribution in [0.4, 0.5) is 0 Å². The van der Waals surface area contributed by atoms with Gasteiger partial charge < -0.3 is 14.9 Å². The summed E-state index contributed by atoms with van der Waals surface area (Å²) in [5.74, 6) is -0.714. The molecule has 0 aromatic heterocycles. The lowest BCUT2D eigenvalue weighted by Gasteiger charge is -2.29. The van der Waals surface area contributed by atoms with Crippen LogP contribution in [0.25, 0.3) is 0 Å². The second kappa shape index (κ2) is 10.5. The van der Waals surface area contributed by atoms with E-state index in [4.69, 9.17) is 9.84 Å². The average molecular weight is 286 g/mol. The van der Waals surface area contributed by atoms with E-state index in [-0.39, 0.29) is 6.42 Å². The number of aliphatic imine (C=N–C) groups is 1. The molecule has 0 spiro atoms. The zero-order chi connectivity index (χ0) is 15.4. The first-order chi connectivity index (χ1) is 9.31. The van der Waals surface area contributed by atoms with Gasteiger partial charge in [0, 0.05) is 18.6 Å². The van der Waals surface area contributed by atoms with Gasteiger partial charge in [0.2, 0.25) is 0 Å². The number of carboxylic acids is 1. The Bertz CT molecular complexity index is 295. The Morgan fingerprint density at radius 3 is 2.05 bits per heavy atom. The predicted molar refractivity (Wildman–Crippen MR) is 77.7 cm³/mol. The quantitative estimate of drug-likeness (QED) is 0.380. The number of unbranched alkanes of at least 4 members (excludes halogenated alkanes) is 6. The van der Waals surface area contributed by atoms with Crippen LogP contribution in [0.2, 0.25) is 0 Å². The SMILES string of the molecule is CC(C)(C)OC([O-])=NCCCCCCCCCC(=O)O. The molecule has 5 heteroatoms. The summed E-state index contributed by atoms with van der Waals surface area (Å²) in [4.78, 5) is 14.1. The molecular weight excluding hydrogens is 258 g/mol. The molecule has 0 aromatic carbocycles. The van der Waals surface area contributed by atoms with Crippen molar-refractivity contribution >= 4 is 12.1 Å². The van der Waals surface area contributed by atoms with Crippen molar-refractivity contribution in [1.29, 1.82) is 0 Å². The number of carbonyl (C=O) groups is 1. The van der Waals surface area contributed by atoms with E-state index >= 15 is 0 Å². The molecule has 5 nitrogen and oxygen atoms in total. The Balaban J connectivity index is 3.36. The van der Waals surface area contributed by atoms with E-state index in [0.29, 0.717) is 6.54 Å². The molecule has 0 radical (unpaired) electrons. The highest BCUT2D eigenvalue weighted by atomic mass is 16.6. The highest BCUT2D eigenvalue weighted by Gasteiger charge is 2.03. The van der Waals surface area contributed by atoms with Crippen LogP contribution in [0.5, 0.6) is 0 Å². The maximum atomic E-state index is 11.3. The Kier molecular flexibility index (Phi) is 9.86. The zero-order valence-corrected chi connectivity index (χ0v) is 13.0. The molecular formula is C15H28NO4-. The Morgan fingerprint density at radius 2 is 1.55 bits per heavy atom. The molecule has 0 heterocycles. The summed E-state index contributed by atoms with van der Waals surface area (Å²) < 4.78 is 5.08. The van der Waals surface area contributed by atoms with Gasteiger partial charge in [-0.3, -0.25) is 9.79 Å². The van der Waals surface area contributed by atoms with Gasteiger partial charge in [0.25, 0.3) is 0 Å². The first-order valence-electron chi connectivity index (χ1n) is 7.43. The molecule has 0 aliphatic heterocycles. The van der Waals surface area contributed by atoms with Crippen LogP contribution in [-0.4, -0.2) is 29.3 Å². The standard InChI is InChI=1S/C15H29NO4/c1-15(2,3)20-14(19)16-12-10-8-6-4-5-7-9-11-13(17)18/h4-12H2,1-3H3,(H,16,19)(H,17,18)/p-1. The van der Waals surface area contributed by atoms with Crippen LogP contribution in [-0.2, 0) is 9.53 Å². The van der Waals surface area contributed by atoms with Gasteiger partial charge in [-0.2, -0.15) is 0 Å². The molecule has 0 aliphatic carbocycles. The van der Waals surface area contributed by atoms with Gasteiger partial charge in [0.05, 0.1) is 0 Å². The Hall–Kier alpha value is -1.26. The molecule has 20 heavy (non-hydrogen) atoms. The van der Waals surface area contributed by atoms with Crippen LogP contribution in [0, 0.1) is 0 Å².